The van der Waals surface area contributed by atoms with Crippen LogP contribution in [0.1, 0.15) is 23.6 Å². The van der Waals surface area contributed by atoms with E-state index in [4.69, 9.17) is 0 Å². The maximum absolute atomic E-state index is 4.30. The Morgan fingerprint density at radius 2 is 2.09 bits per heavy atom. The molecule has 0 aliphatic carbocycles. The quantitative estimate of drug-likeness (QED) is 0.708. The van der Waals surface area contributed by atoms with Gasteiger partial charge in [-0.15, -0.1) is 0 Å². The van der Waals surface area contributed by atoms with Gasteiger partial charge in [-0.25, -0.2) is 9.97 Å². The van der Waals surface area contributed by atoms with Gasteiger partial charge >= 0.3 is 0 Å². The highest BCUT2D eigenvalue weighted by Gasteiger charge is 2.23. The van der Waals surface area contributed by atoms with Crippen molar-refractivity contribution in [2.75, 3.05) is 4.90 Å². The van der Waals surface area contributed by atoms with Crippen molar-refractivity contribution in [1.29, 1.82) is 0 Å². The molecule has 0 saturated heterocycles. The molecule has 2 heterocycles. The van der Waals surface area contributed by atoms with Crippen LogP contribution in [0.4, 0.5) is 5.69 Å². The summed E-state index contributed by atoms with van der Waals surface area (Å²) in [5.74, 6) is 0. The van der Waals surface area contributed by atoms with Crippen molar-refractivity contribution in [3.05, 3.63) is 72.2 Å². The standard InChI is InChI=1S/C19H17N3/c1-3-14-4-5-15-11-22(13(2)18(15)8-14)17-6-7-19-16(9-17)10-20-12-21-19/h4-10,12H,2-3,11H2,1H3. The second kappa shape index (κ2) is 4.95. The zero-order chi connectivity index (χ0) is 15.1. The van der Waals surface area contributed by atoms with Crippen LogP contribution in [0, 0.1) is 0 Å². The number of hydrogen-bond donors (Lipinski definition) is 0. The van der Waals surface area contributed by atoms with Gasteiger partial charge in [0.1, 0.15) is 6.33 Å². The van der Waals surface area contributed by atoms with E-state index in [1.807, 2.05) is 12.3 Å². The van der Waals surface area contributed by atoms with Gasteiger partial charge in [0, 0.05) is 35.1 Å². The molecule has 0 atom stereocenters. The van der Waals surface area contributed by atoms with Gasteiger partial charge in [0.05, 0.1) is 5.52 Å². The molecule has 22 heavy (non-hydrogen) atoms. The lowest BCUT2D eigenvalue weighted by molar-refractivity contribution is 1.04. The van der Waals surface area contributed by atoms with Gasteiger partial charge in [0.2, 0.25) is 0 Å². The molecule has 1 aliphatic rings. The summed E-state index contributed by atoms with van der Waals surface area (Å²) in [7, 11) is 0. The first-order valence-corrected chi connectivity index (χ1v) is 7.54. The SMILES string of the molecule is C=C1c2cc(CC)ccc2CN1c1ccc2ncncc2c1. The molecule has 0 fully saturated rings. The lowest BCUT2D eigenvalue weighted by atomic mass is 10.0. The van der Waals surface area contributed by atoms with Crippen molar-refractivity contribution in [3.8, 4) is 0 Å². The summed E-state index contributed by atoms with van der Waals surface area (Å²) in [5.41, 5.74) is 7.14. The number of hydrogen-bond acceptors (Lipinski definition) is 3. The third-order valence-corrected chi connectivity index (χ3v) is 4.35. The Hall–Kier alpha value is -2.68. The number of fused-ring (bicyclic) bond motifs is 2. The first-order valence-electron chi connectivity index (χ1n) is 7.54. The van der Waals surface area contributed by atoms with Gasteiger partial charge in [0.15, 0.2) is 0 Å². The molecule has 4 rings (SSSR count). The van der Waals surface area contributed by atoms with Crippen LogP contribution >= 0.6 is 0 Å². The van der Waals surface area contributed by atoms with Gasteiger partial charge in [-0.1, -0.05) is 25.6 Å². The normalized spacial score (nSPS) is 13.7. The molecule has 3 aromatic rings. The Morgan fingerprint density at radius 1 is 1.18 bits per heavy atom. The molecule has 0 spiro atoms. The van der Waals surface area contributed by atoms with E-state index in [1.165, 1.54) is 16.7 Å². The number of aromatic nitrogens is 2. The van der Waals surface area contributed by atoms with Gasteiger partial charge in [0.25, 0.3) is 0 Å². The summed E-state index contributed by atoms with van der Waals surface area (Å²) in [4.78, 5) is 10.6. The molecule has 1 aromatic heterocycles. The Labute approximate surface area is 129 Å². The van der Waals surface area contributed by atoms with Crippen molar-refractivity contribution in [2.24, 2.45) is 0 Å². The number of benzene rings is 2. The van der Waals surface area contributed by atoms with Crippen LogP contribution in [0.15, 0.2) is 55.5 Å². The largest absolute Gasteiger partial charge is 0.337 e. The molecule has 3 heteroatoms. The number of nitrogens with zero attached hydrogens (tertiary/aromatic N) is 3. The fourth-order valence-electron chi connectivity index (χ4n) is 3.05. The van der Waals surface area contributed by atoms with Gasteiger partial charge < -0.3 is 4.90 Å². The number of anilines is 1. The molecule has 108 valence electrons. The lowest BCUT2D eigenvalue weighted by Gasteiger charge is -2.20. The summed E-state index contributed by atoms with van der Waals surface area (Å²) in [6, 6.07) is 13.0. The van der Waals surface area contributed by atoms with E-state index in [-0.39, 0.29) is 0 Å². The van der Waals surface area contributed by atoms with E-state index in [0.29, 0.717) is 0 Å². The average molecular weight is 287 g/mol. The van der Waals surface area contributed by atoms with Crippen LogP contribution in [0.3, 0.4) is 0 Å². The lowest BCUT2D eigenvalue weighted by Crippen LogP contribution is -2.12. The Balaban J connectivity index is 1.75. The van der Waals surface area contributed by atoms with Gasteiger partial charge in [-0.05, 0) is 41.8 Å². The van der Waals surface area contributed by atoms with Crippen molar-refractivity contribution in [2.45, 2.75) is 19.9 Å². The van der Waals surface area contributed by atoms with E-state index in [9.17, 15) is 0 Å². The maximum Gasteiger partial charge on any atom is 0.116 e. The van der Waals surface area contributed by atoms with Gasteiger partial charge in [-0.2, -0.15) is 0 Å². The van der Waals surface area contributed by atoms with Crippen molar-refractivity contribution >= 4 is 22.3 Å². The summed E-state index contributed by atoms with van der Waals surface area (Å²) in [6.45, 7) is 7.36. The molecular weight excluding hydrogens is 270 g/mol. The fraction of sp³-hybridized carbons (Fsp3) is 0.158. The van der Waals surface area contributed by atoms with E-state index in [1.54, 1.807) is 6.33 Å². The van der Waals surface area contributed by atoms with E-state index in [0.717, 1.165) is 35.3 Å². The van der Waals surface area contributed by atoms with Crippen molar-refractivity contribution in [3.63, 3.8) is 0 Å². The van der Waals surface area contributed by atoms with Gasteiger partial charge in [-0.3, -0.25) is 0 Å². The zero-order valence-corrected chi connectivity index (χ0v) is 12.6. The maximum atomic E-state index is 4.30. The molecule has 2 aromatic carbocycles. The van der Waals surface area contributed by atoms with E-state index in [2.05, 4.69) is 58.7 Å². The number of rotatable bonds is 2. The third-order valence-electron chi connectivity index (χ3n) is 4.35. The number of aryl methyl sites for hydroxylation is 1. The smallest absolute Gasteiger partial charge is 0.116 e. The highest BCUT2D eigenvalue weighted by Crippen LogP contribution is 2.37. The highest BCUT2D eigenvalue weighted by atomic mass is 15.2. The van der Waals surface area contributed by atoms with Crippen LogP contribution in [0.25, 0.3) is 16.6 Å². The monoisotopic (exact) mass is 287 g/mol. The Morgan fingerprint density at radius 3 is 2.95 bits per heavy atom. The topological polar surface area (TPSA) is 29.0 Å². The minimum absolute atomic E-state index is 0.872. The van der Waals surface area contributed by atoms with Crippen LogP contribution < -0.4 is 4.90 Å². The van der Waals surface area contributed by atoms with Crippen molar-refractivity contribution < 1.29 is 0 Å². The Bertz CT molecular complexity index is 883. The predicted molar refractivity (Wildman–Crippen MR) is 90.6 cm³/mol. The zero-order valence-electron chi connectivity index (χ0n) is 12.6. The molecule has 0 saturated carbocycles. The Kier molecular flexibility index (Phi) is 2.93. The average Bonchev–Trinajstić information content (AvgIpc) is 2.90. The third kappa shape index (κ3) is 1.98. The molecule has 0 unspecified atom stereocenters. The molecule has 3 nitrogen and oxygen atoms in total. The highest BCUT2D eigenvalue weighted by molar-refractivity contribution is 5.88. The minimum Gasteiger partial charge on any atom is -0.337 e. The molecule has 0 amide bonds. The van der Waals surface area contributed by atoms with E-state index >= 15 is 0 Å². The molecular formula is C19H17N3. The molecule has 0 radical (unpaired) electrons. The summed E-state index contributed by atoms with van der Waals surface area (Å²) in [5, 5.41) is 1.05. The van der Waals surface area contributed by atoms with E-state index < -0.39 is 0 Å². The first kappa shape index (κ1) is 13.0. The predicted octanol–water partition coefficient (Wildman–Crippen LogP) is 4.18. The molecule has 0 N–H and O–H groups in total. The molecule has 1 aliphatic heterocycles. The first-order chi connectivity index (χ1) is 10.8. The summed E-state index contributed by atoms with van der Waals surface area (Å²) < 4.78 is 0. The second-order valence-electron chi connectivity index (χ2n) is 5.64. The van der Waals surface area contributed by atoms with Crippen LogP contribution in [-0.2, 0) is 13.0 Å². The second-order valence-corrected chi connectivity index (χ2v) is 5.64. The summed E-state index contributed by atoms with van der Waals surface area (Å²) in [6.07, 6.45) is 4.49. The molecule has 0 bridgehead atoms. The summed E-state index contributed by atoms with van der Waals surface area (Å²) >= 11 is 0. The van der Waals surface area contributed by atoms with Crippen LogP contribution in [0.5, 0.6) is 0 Å². The minimum atomic E-state index is 0.872. The van der Waals surface area contributed by atoms with Crippen molar-refractivity contribution in [1.82, 2.24) is 9.97 Å². The van der Waals surface area contributed by atoms with Crippen LogP contribution in [-0.4, -0.2) is 9.97 Å². The fourth-order valence-corrected chi connectivity index (χ4v) is 3.05. The van der Waals surface area contributed by atoms with Crippen LogP contribution in [0.2, 0.25) is 0 Å².